The highest BCUT2D eigenvalue weighted by atomic mass is 16.2. The molecule has 0 radical (unpaired) electrons. The number of amides is 2. The first-order valence-electron chi connectivity index (χ1n) is 8.36. The number of fused-ring (bicyclic) bond motifs is 2. The van der Waals surface area contributed by atoms with Crippen LogP contribution in [0.2, 0.25) is 0 Å². The Kier molecular flexibility index (Phi) is 4.13. The van der Waals surface area contributed by atoms with Crippen molar-refractivity contribution in [3.05, 3.63) is 29.8 Å². The number of urea groups is 1. The Labute approximate surface area is 133 Å². The molecule has 4 nitrogen and oxygen atoms in total. The van der Waals surface area contributed by atoms with Gasteiger partial charge >= 0.3 is 6.03 Å². The molecular formula is C18H27N3O. The van der Waals surface area contributed by atoms with E-state index in [4.69, 9.17) is 0 Å². The minimum Gasteiger partial charge on any atom is -0.317 e. The quantitative estimate of drug-likeness (QED) is 0.928. The molecule has 2 aliphatic rings. The van der Waals surface area contributed by atoms with Crippen molar-refractivity contribution < 1.29 is 4.79 Å². The van der Waals surface area contributed by atoms with Crippen LogP contribution in [0.3, 0.4) is 0 Å². The van der Waals surface area contributed by atoms with E-state index in [9.17, 15) is 4.79 Å². The summed E-state index contributed by atoms with van der Waals surface area (Å²) in [5.41, 5.74) is 2.03. The molecule has 2 fully saturated rings. The van der Waals surface area contributed by atoms with Crippen molar-refractivity contribution in [2.24, 2.45) is 0 Å². The summed E-state index contributed by atoms with van der Waals surface area (Å²) in [7, 11) is 2.19. The normalized spacial score (nSPS) is 27.0. The van der Waals surface area contributed by atoms with Crippen LogP contribution in [0.1, 0.15) is 38.7 Å². The van der Waals surface area contributed by atoms with Crippen molar-refractivity contribution in [1.29, 1.82) is 0 Å². The van der Waals surface area contributed by atoms with E-state index in [2.05, 4.69) is 36.0 Å². The van der Waals surface area contributed by atoms with Crippen LogP contribution < -0.4 is 5.32 Å². The summed E-state index contributed by atoms with van der Waals surface area (Å²) in [4.78, 5) is 17.3. The predicted molar refractivity (Wildman–Crippen MR) is 90.2 cm³/mol. The summed E-state index contributed by atoms with van der Waals surface area (Å²) in [6.45, 7) is 6.48. The highest BCUT2D eigenvalue weighted by Gasteiger charge is 2.50. The zero-order valence-corrected chi connectivity index (χ0v) is 14.0. The summed E-state index contributed by atoms with van der Waals surface area (Å²) in [6.07, 6.45) is 3.39. The Morgan fingerprint density at radius 3 is 2.73 bits per heavy atom. The second-order valence-electron chi connectivity index (χ2n) is 7.01. The lowest BCUT2D eigenvalue weighted by Gasteiger charge is -2.34. The molecule has 4 heteroatoms. The molecule has 22 heavy (non-hydrogen) atoms. The van der Waals surface area contributed by atoms with Crippen molar-refractivity contribution >= 4 is 11.7 Å². The molecule has 2 saturated heterocycles. The van der Waals surface area contributed by atoms with Gasteiger partial charge in [0.05, 0.1) is 0 Å². The van der Waals surface area contributed by atoms with Gasteiger partial charge in [0.2, 0.25) is 0 Å². The van der Waals surface area contributed by atoms with Gasteiger partial charge in [-0.05, 0) is 58.7 Å². The second kappa shape index (κ2) is 5.92. The van der Waals surface area contributed by atoms with E-state index in [1.54, 1.807) is 0 Å². The van der Waals surface area contributed by atoms with Gasteiger partial charge in [0.15, 0.2) is 0 Å². The van der Waals surface area contributed by atoms with Crippen molar-refractivity contribution in [1.82, 2.24) is 9.80 Å². The molecule has 2 amide bonds. The zero-order chi connectivity index (χ0) is 15.9. The minimum atomic E-state index is 0.0708. The fourth-order valence-corrected chi connectivity index (χ4v) is 3.99. The van der Waals surface area contributed by atoms with Crippen LogP contribution in [0.4, 0.5) is 10.5 Å². The Bertz CT molecular complexity index is 557. The van der Waals surface area contributed by atoms with Crippen molar-refractivity contribution in [3.63, 3.8) is 0 Å². The molecule has 0 spiro atoms. The third-order valence-electron chi connectivity index (χ3n) is 5.46. The van der Waals surface area contributed by atoms with Crippen LogP contribution in [-0.4, -0.2) is 47.0 Å². The number of hydrogen-bond acceptors (Lipinski definition) is 2. The number of carbonyl (C=O) groups is 1. The lowest BCUT2D eigenvalue weighted by Crippen LogP contribution is -2.47. The average molecular weight is 301 g/mol. The van der Waals surface area contributed by atoms with E-state index >= 15 is 0 Å². The molecule has 2 unspecified atom stereocenters. The molecule has 2 aliphatic heterocycles. The Morgan fingerprint density at radius 1 is 1.32 bits per heavy atom. The molecule has 3 rings (SSSR count). The lowest BCUT2D eigenvalue weighted by atomic mass is 9.94. The molecule has 0 saturated carbocycles. The first-order chi connectivity index (χ1) is 10.5. The minimum absolute atomic E-state index is 0.0708. The van der Waals surface area contributed by atoms with Crippen LogP contribution >= 0.6 is 0 Å². The predicted octanol–water partition coefficient (Wildman–Crippen LogP) is 3.47. The van der Waals surface area contributed by atoms with E-state index < -0.39 is 0 Å². The molecule has 1 N–H and O–H groups in total. The Morgan fingerprint density at radius 2 is 2.05 bits per heavy atom. The fourth-order valence-electron chi connectivity index (χ4n) is 3.99. The van der Waals surface area contributed by atoms with Crippen molar-refractivity contribution in [2.75, 3.05) is 12.4 Å². The SMILES string of the molecule is Cc1ccccc1NC(=O)N1C2CCC1[C@H](N(C)C(C)C)C2. The molecule has 1 aromatic carbocycles. The van der Waals surface area contributed by atoms with Crippen molar-refractivity contribution in [3.8, 4) is 0 Å². The van der Waals surface area contributed by atoms with Crippen LogP contribution in [0.15, 0.2) is 24.3 Å². The van der Waals surface area contributed by atoms with E-state index in [1.807, 2.05) is 31.2 Å². The second-order valence-corrected chi connectivity index (χ2v) is 7.01. The number of nitrogens with one attached hydrogen (secondary N) is 1. The average Bonchev–Trinajstić information content (AvgIpc) is 3.06. The van der Waals surface area contributed by atoms with Gasteiger partial charge < -0.3 is 10.2 Å². The number of hydrogen-bond donors (Lipinski definition) is 1. The highest BCUT2D eigenvalue weighted by Crippen LogP contribution is 2.40. The summed E-state index contributed by atoms with van der Waals surface area (Å²) in [6, 6.07) is 9.83. The summed E-state index contributed by atoms with van der Waals surface area (Å²) in [5.74, 6) is 0. The lowest BCUT2D eigenvalue weighted by molar-refractivity contribution is 0.150. The molecule has 0 aromatic heterocycles. The smallest absolute Gasteiger partial charge is 0.317 e. The third kappa shape index (κ3) is 2.60. The number of nitrogens with zero attached hydrogens (tertiary/aromatic N) is 2. The maximum atomic E-state index is 12.8. The van der Waals surface area contributed by atoms with Gasteiger partial charge in [0, 0.05) is 29.9 Å². The molecule has 120 valence electrons. The van der Waals surface area contributed by atoms with Gasteiger partial charge in [0.25, 0.3) is 0 Å². The van der Waals surface area contributed by atoms with Crippen LogP contribution in [0.25, 0.3) is 0 Å². The van der Waals surface area contributed by atoms with E-state index in [0.29, 0.717) is 24.2 Å². The molecular weight excluding hydrogens is 274 g/mol. The zero-order valence-electron chi connectivity index (χ0n) is 14.0. The summed E-state index contributed by atoms with van der Waals surface area (Å²) >= 11 is 0. The van der Waals surface area contributed by atoms with Crippen LogP contribution in [-0.2, 0) is 0 Å². The topological polar surface area (TPSA) is 35.6 Å². The monoisotopic (exact) mass is 301 g/mol. The maximum Gasteiger partial charge on any atom is 0.322 e. The molecule has 2 heterocycles. The van der Waals surface area contributed by atoms with E-state index in [0.717, 1.165) is 30.5 Å². The fraction of sp³-hybridized carbons (Fsp3) is 0.611. The molecule has 0 aliphatic carbocycles. The number of anilines is 1. The van der Waals surface area contributed by atoms with Gasteiger partial charge in [-0.15, -0.1) is 0 Å². The van der Waals surface area contributed by atoms with Crippen LogP contribution in [0.5, 0.6) is 0 Å². The first-order valence-corrected chi connectivity index (χ1v) is 8.36. The van der Waals surface area contributed by atoms with Gasteiger partial charge in [-0.3, -0.25) is 4.90 Å². The molecule has 1 aromatic rings. The largest absolute Gasteiger partial charge is 0.322 e. The maximum absolute atomic E-state index is 12.8. The number of benzene rings is 1. The number of rotatable bonds is 3. The first kappa shape index (κ1) is 15.3. The number of likely N-dealkylation sites (N-methyl/N-ethyl adjacent to an activating group) is 1. The number of carbonyl (C=O) groups excluding carboxylic acids is 1. The Balaban J connectivity index is 1.73. The van der Waals surface area contributed by atoms with Crippen molar-refractivity contribution in [2.45, 2.75) is 64.2 Å². The third-order valence-corrected chi connectivity index (χ3v) is 5.46. The summed E-state index contributed by atoms with van der Waals surface area (Å²) in [5, 5.41) is 3.11. The van der Waals surface area contributed by atoms with E-state index in [-0.39, 0.29) is 6.03 Å². The van der Waals surface area contributed by atoms with Gasteiger partial charge in [-0.1, -0.05) is 18.2 Å². The highest BCUT2D eigenvalue weighted by molar-refractivity contribution is 5.91. The molecule has 3 atom stereocenters. The van der Waals surface area contributed by atoms with Gasteiger partial charge in [-0.2, -0.15) is 0 Å². The number of aryl methyl sites for hydroxylation is 1. The standard InChI is InChI=1S/C18H27N3O/c1-12(2)20(4)17-11-14-9-10-16(17)21(14)18(22)19-15-8-6-5-7-13(15)3/h5-8,12,14,16-17H,9-11H2,1-4H3,(H,19,22)/t14?,16?,17-/m1/s1. The van der Waals surface area contributed by atoms with Gasteiger partial charge in [0.1, 0.15) is 0 Å². The van der Waals surface area contributed by atoms with Crippen LogP contribution in [0, 0.1) is 6.92 Å². The summed E-state index contributed by atoms with van der Waals surface area (Å²) < 4.78 is 0. The van der Waals surface area contributed by atoms with Gasteiger partial charge in [-0.25, -0.2) is 4.79 Å². The Hall–Kier alpha value is -1.55. The molecule has 2 bridgehead atoms. The number of para-hydroxylation sites is 1. The van der Waals surface area contributed by atoms with E-state index in [1.165, 1.54) is 0 Å².